The number of nitrogens with one attached hydrogen (secondary N) is 1. The highest BCUT2D eigenvalue weighted by Crippen LogP contribution is 2.47. The number of rotatable bonds is 5. The van der Waals surface area contributed by atoms with E-state index in [0.29, 0.717) is 24.5 Å². The third-order valence-electron chi connectivity index (χ3n) is 6.33. The first-order chi connectivity index (χ1) is 15.9. The Morgan fingerprint density at radius 1 is 1.36 bits per heavy atom. The fourth-order valence-corrected chi connectivity index (χ4v) is 6.29. The van der Waals surface area contributed by atoms with E-state index in [9.17, 15) is 4.79 Å². The van der Waals surface area contributed by atoms with Gasteiger partial charge in [-0.1, -0.05) is 31.7 Å². The molecular formula is C26H34N5OP. The van der Waals surface area contributed by atoms with Crippen molar-refractivity contribution in [2.24, 2.45) is 15.7 Å². The van der Waals surface area contributed by atoms with Gasteiger partial charge in [-0.3, -0.25) is 9.64 Å². The zero-order chi connectivity index (χ0) is 23.7. The van der Waals surface area contributed by atoms with Crippen LogP contribution in [0.5, 0.6) is 0 Å². The maximum Gasteiger partial charge on any atom is 0.357 e. The Morgan fingerprint density at radius 2 is 2.12 bits per heavy atom. The predicted molar refractivity (Wildman–Crippen MR) is 139 cm³/mol. The lowest BCUT2D eigenvalue weighted by molar-refractivity contribution is 0.216. The van der Waals surface area contributed by atoms with Crippen molar-refractivity contribution in [3.63, 3.8) is 0 Å². The van der Waals surface area contributed by atoms with Crippen molar-refractivity contribution in [2.45, 2.75) is 53.5 Å². The summed E-state index contributed by atoms with van der Waals surface area (Å²) in [5.74, 6) is 4.16. The average Bonchev–Trinajstić information content (AvgIpc) is 3.63. The van der Waals surface area contributed by atoms with Crippen molar-refractivity contribution in [1.82, 2.24) is 15.1 Å². The van der Waals surface area contributed by atoms with Crippen LogP contribution in [0.1, 0.15) is 47.5 Å². The number of allylic oxidation sites excluding steroid dienone is 8. The summed E-state index contributed by atoms with van der Waals surface area (Å²) < 4.78 is 4.97. The number of urea groups is 1. The van der Waals surface area contributed by atoms with Crippen molar-refractivity contribution in [3.8, 4) is 0 Å². The molecule has 4 aliphatic rings. The van der Waals surface area contributed by atoms with Crippen LogP contribution in [-0.4, -0.2) is 34.4 Å². The minimum Gasteiger partial charge on any atom is -0.325 e. The Kier molecular flexibility index (Phi) is 6.76. The molecule has 33 heavy (non-hydrogen) atoms. The summed E-state index contributed by atoms with van der Waals surface area (Å²) in [6, 6.07) is 0.0849. The van der Waals surface area contributed by atoms with E-state index in [0.717, 1.165) is 35.6 Å². The van der Waals surface area contributed by atoms with Crippen LogP contribution in [0.25, 0.3) is 0 Å². The van der Waals surface area contributed by atoms with Crippen molar-refractivity contribution < 1.29 is 4.79 Å². The van der Waals surface area contributed by atoms with E-state index < -0.39 is 7.71 Å². The number of carbonyl (C=O) groups excluding carboxylic acids is 1. The zero-order valence-electron chi connectivity index (χ0n) is 20.2. The van der Waals surface area contributed by atoms with Crippen LogP contribution in [-0.2, 0) is 0 Å². The van der Waals surface area contributed by atoms with Gasteiger partial charge in [-0.15, -0.1) is 0 Å². The van der Waals surface area contributed by atoms with Gasteiger partial charge in [0.1, 0.15) is 5.82 Å². The highest BCUT2D eigenvalue weighted by atomic mass is 31.1. The molecule has 1 N–H and O–H groups in total. The van der Waals surface area contributed by atoms with E-state index in [2.05, 4.69) is 66.6 Å². The molecule has 1 saturated carbocycles. The summed E-state index contributed by atoms with van der Waals surface area (Å²) in [6.45, 7) is 15.0. The molecular weight excluding hydrogens is 429 g/mol. The molecule has 0 spiro atoms. The summed E-state index contributed by atoms with van der Waals surface area (Å²) in [7, 11) is -0.995. The molecule has 174 valence electrons. The number of amides is 2. The Labute approximate surface area is 198 Å². The monoisotopic (exact) mass is 463 g/mol. The lowest BCUT2D eigenvalue weighted by Gasteiger charge is -2.38. The Morgan fingerprint density at radius 3 is 2.76 bits per heavy atom. The van der Waals surface area contributed by atoms with E-state index in [1.807, 2.05) is 26.0 Å². The van der Waals surface area contributed by atoms with E-state index in [1.54, 1.807) is 11.0 Å². The molecule has 0 aromatic heterocycles. The molecule has 4 rings (SSSR count). The lowest BCUT2D eigenvalue weighted by Crippen LogP contribution is -2.50. The second-order valence-corrected chi connectivity index (χ2v) is 10.8. The van der Waals surface area contributed by atoms with Gasteiger partial charge < -0.3 is 5.32 Å². The number of guanidine groups is 1. The van der Waals surface area contributed by atoms with Gasteiger partial charge in [0.25, 0.3) is 0 Å². The lowest BCUT2D eigenvalue weighted by atomic mass is 10.0. The normalized spacial score (nSPS) is 27.5. The highest BCUT2D eigenvalue weighted by Gasteiger charge is 2.37. The van der Waals surface area contributed by atoms with Gasteiger partial charge in [0.05, 0.1) is 6.04 Å². The van der Waals surface area contributed by atoms with Crippen molar-refractivity contribution in [3.05, 3.63) is 82.5 Å². The Hall–Kier alpha value is -2.85. The van der Waals surface area contributed by atoms with Gasteiger partial charge in [0, 0.05) is 25.7 Å². The summed E-state index contributed by atoms with van der Waals surface area (Å²) >= 11 is 0. The van der Waals surface area contributed by atoms with Crippen LogP contribution >= 0.6 is 7.71 Å². The maximum atomic E-state index is 13.3. The van der Waals surface area contributed by atoms with Crippen LogP contribution in [0.4, 0.5) is 4.79 Å². The van der Waals surface area contributed by atoms with Gasteiger partial charge in [-0.2, -0.15) is 4.99 Å². The van der Waals surface area contributed by atoms with Crippen molar-refractivity contribution >= 4 is 19.7 Å². The standard InChI is InChI=1S/C26H34N5OP/c1-7-17(4)14-22(8-2)31-24(20-10-11-20)30(9-3)25(28-26(31)32)27-21-12-13-33-23(16-21)15-18(5)19(6)29-33/h7-8,12-16,18-19,33H,1,9-11H2,2-6H3,(H,27,28,32)/b17-14-,22-8+. The number of fused-ring (bicyclic) bond motifs is 1. The largest absolute Gasteiger partial charge is 0.357 e. The molecule has 6 nitrogen and oxygen atoms in total. The van der Waals surface area contributed by atoms with Gasteiger partial charge in [0.15, 0.2) is 0 Å². The second-order valence-electron chi connectivity index (χ2n) is 8.82. The molecule has 1 aliphatic carbocycles. The predicted octanol–water partition coefficient (Wildman–Crippen LogP) is 6.46. The first kappa shape index (κ1) is 23.3. The van der Waals surface area contributed by atoms with Crippen molar-refractivity contribution in [2.75, 3.05) is 6.54 Å². The van der Waals surface area contributed by atoms with E-state index in [-0.39, 0.29) is 6.03 Å². The van der Waals surface area contributed by atoms with E-state index in [1.165, 1.54) is 10.9 Å². The number of hydrogen-bond donors (Lipinski definition) is 1. The molecule has 3 atom stereocenters. The molecule has 0 radical (unpaired) electrons. The molecule has 1 fully saturated rings. The maximum absolute atomic E-state index is 13.3. The highest BCUT2D eigenvalue weighted by molar-refractivity contribution is 7.55. The molecule has 0 aromatic rings. The summed E-state index contributed by atoms with van der Waals surface area (Å²) in [5.41, 5.74) is 4.03. The van der Waals surface area contributed by atoms with Crippen molar-refractivity contribution in [1.29, 1.82) is 0 Å². The average molecular weight is 464 g/mol. The zero-order valence-corrected chi connectivity index (χ0v) is 21.2. The van der Waals surface area contributed by atoms with E-state index in [4.69, 9.17) is 4.74 Å². The number of carbonyl (C=O) groups is 1. The minimum atomic E-state index is -0.995. The first-order valence-electron chi connectivity index (χ1n) is 11.7. The molecule has 0 aromatic carbocycles. The fourth-order valence-electron chi connectivity index (χ4n) is 4.12. The van der Waals surface area contributed by atoms with Crippen LogP contribution in [0.15, 0.2) is 92.3 Å². The SMILES string of the molecule is C=C/C(C)=C\C(=C/C)N1C(=O)N=C(NC2=CC3=CC(C)C(C)N=[PH]3C=C2)N(CC)C1=C1CC1. The Bertz CT molecular complexity index is 1130. The van der Waals surface area contributed by atoms with Gasteiger partial charge in [0.2, 0.25) is 5.96 Å². The minimum absolute atomic E-state index is 0.280. The number of hydrogen-bond acceptors (Lipinski definition) is 4. The molecule has 3 unspecified atom stereocenters. The third-order valence-corrected chi connectivity index (χ3v) is 8.40. The van der Waals surface area contributed by atoms with Crippen LogP contribution in [0, 0.1) is 5.92 Å². The summed E-state index contributed by atoms with van der Waals surface area (Å²) in [6.07, 6.45) is 14.3. The van der Waals surface area contributed by atoms with E-state index >= 15 is 0 Å². The first-order valence-corrected chi connectivity index (χ1v) is 13.2. The molecule has 3 heterocycles. The van der Waals surface area contributed by atoms with Crippen LogP contribution in [0.2, 0.25) is 0 Å². The molecule has 0 bridgehead atoms. The van der Waals surface area contributed by atoms with Gasteiger partial charge >= 0.3 is 6.03 Å². The quantitative estimate of drug-likeness (QED) is 0.376. The molecule has 0 saturated heterocycles. The number of aliphatic imine (C=N–C) groups is 1. The topological polar surface area (TPSA) is 60.3 Å². The Balaban J connectivity index is 1.68. The smallest absolute Gasteiger partial charge is 0.325 e. The molecule has 2 amide bonds. The second kappa shape index (κ2) is 9.56. The number of nitrogens with zero attached hydrogens (tertiary/aromatic N) is 4. The van der Waals surface area contributed by atoms with Crippen LogP contribution in [0.3, 0.4) is 0 Å². The summed E-state index contributed by atoms with van der Waals surface area (Å²) in [5, 5.41) is 4.74. The third kappa shape index (κ3) is 4.77. The fraction of sp³-hybridized carbons (Fsp3) is 0.385. The van der Waals surface area contributed by atoms with Crippen LogP contribution < -0.4 is 5.32 Å². The van der Waals surface area contributed by atoms with Gasteiger partial charge in [-0.25, -0.2) is 9.69 Å². The molecule has 3 aliphatic heterocycles. The van der Waals surface area contributed by atoms with Gasteiger partial charge in [-0.05, 0) is 87.0 Å². The molecule has 7 heteroatoms. The summed E-state index contributed by atoms with van der Waals surface area (Å²) in [4.78, 5) is 21.6.